The number of sulfonamides is 1. The van der Waals surface area contributed by atoms with E-state index in [4.69, 9.17) is 0 Å². The predicted octanol–water partition coefficient (Wildman–Crippen LogP) is 2.62. The van der Waals surface area contributed by atoms with E-state index in [-0.39, 0.29) is 16.7 Å². The average molecular weight is 324 g/mol. The van der Waals surface area contributed by atoms with Crippen LogP contribution in [0.3, 0.4) is 0 Å². The maximum absolute atomic E-state index is 12.7. The Hall–Kier alpha value is -1.40. The van der Waals surface area contributed by atoms with E-state index in [1.807, 2.05) is 20.8 Å². The first-order chi connectivity index (χ1) is 10.3. The third kappa shape index (κ3) is 3.33. The number of aryl methyl sites for hydroxylation is 1. The van der Waals surface area contributed by atoms with E-state index in [0.717, 1.165) is 6.42 Å². The molecule has 0 spiro atoms. The Morgan fingerprint density at radius 1 is 1.32 bits per heavy atom. The van der Waals surface area contributed by atoms with Crippen molar-refractivity contribution in [3.8, 4) is 0 Å². The minimum atomic E-state index is -3.52. The fourth-order valence-corrected chi connectivity index (χ4v) is 4.29. The molecule has 1 amide bonds. The first-order valence-electron chi connectivity index (χ1n) is 7.72. The maximum atomic E-state index is 12.7. The molecule has 5 nitrogen and oxygen atoms in total. The van der Waals surface area contributed by atoms with Gasteiger partial charge in [-0.2, -0.15) is 4.31 Å². The lowest BCUT2D eigenvalue weighted by molar-refractivity contribution is -0.117. The summed E-state index contributed by atoms with van der Waals surface area (Å²) in [6.45, 7) is 8.29. The molecule has 1 aromatic rings. The molecule has 0 bridgehead atoms. The Bertz CT molecular complexity index is 666. The van der Waals surface area contributed by atoms with Gasteiger partial charge in [0.25, 0.3) is 0 Å². The molecule has 0 radical (unpaired) electrons. The van der Waals surface area contributed by atoms with Gasteiger partial charge < -0.3 is 5.32 Å². The van der Waals surface area contributed by atoms with Crippen LogP contribution >= 0.6 is 0 Å². The number of rotatable bonds is 6. The number of anilines is 1. The molecule has 1 aromatic carbocycles. The quantitative estimate of drug-likeness (QED) is 0.874. The lowest BCUT2D eigenvalue weighted by Gasteiger charge is -2.20. The van der Waals surface area contributed by atoms with Crippen molar-refractivity contribution in [3.05, 3.63) is 23.8 Å². The Morgan fingerprint density at radius 2 is 1.91 bits per heavy atom. The largest absolute Gasteiger partial charge is 0.326 e. The van der Waals surface area contributed by atoms with Crippen molar-refractivity contribution in [2.45, 2.75) is 39.0 Å². The van der Waals surface area contributed by atoms with Gasteiger partial charge >= 0.3 is 0 Å². The van der Waals surface area contributed by atoms with Gasteiger partial charge in [0.05, 0.1) is 4.90 Å². The third-order valence-corrected chi connectivity index (χ3v) is 6.42. The summed E-state index contributed by atoms with van der Waals surface area (Å²) in [5.41, 5.74) is 1.23. The summed E-state index contributed by atoms with van der Waals surface area (Å²) in [6, 6.07) is 5.05. The molecule has 0 saturated heterocycles. The van der Waals surface area contributed by atoms with Crippen molar-refractivity contribution in [2.75, 3.05) is 18.4 Å². The monoisotopic (exact) mass is 324 g/mol. The Kier molecular flexibility index (Phi) is 4.92. The Balaban J connectivity index is 2.29. The average Bonchev–Trinajstić information content (AvgIpc) is 3.19. The molecule has 2 rings (SSSR count). The lowest BCUT2D eigenvalue weighted by atomic mass is 10.2. The standard InChI is InChI=1S/C16H24N2O3S/c1-5-18(6-2)22(20,21)15-10-13(8-7-11(15)3)17-16(19)14-9-12(14)4/h7-8,10,12,14H,5-6,9H2,1-4H3,(H,17,19)/t12-,14-/m0/s1. The van der Waals surface area contributed by atoms with Crippen molar-refractivity contribution >= 4 is 21.6 Å². The molecular weight excluding hydrogens is 300 g/mol. The van der Waals surface area contributed by atoms with E-state index in [1.165, 1.54) is 4.31 Å². The number of benzene rings is 1. The molecule has 1 fully saturated rings. The summed E-state index contributed by atoms with van der Waals surface area (Å²) in [6.07, 6.45) is 0.905. The molecule has 2 atom stereocenters. The summed E-state index contributed by atoms with van der Waals surface area (Å²) in [7, 11) is -3.52. The van der Waals surface area contributed by atoms with Crippen LogP contribution in [0.15, 0.2) is 23.1 Å². The van der Waals surface area contributed by atoms with Crippen molar-refractivity contribution in [3.63, 3.8) is 0 Å². The summed E-state index contributed by atoms with van der Waals surface area (Å²) in [4.78, 5) is 12.3. The van der Waals surface area contributed by atoms with Crippen LogP contribution in [0.25, 0.3) is 0 Å². The second-order valence-electron chi connectivity index (χ2n) is 5.88. The molecule has 22 heavy (non-hydrogen) atoms. The van der Waals surface area contributed by atoms with E-state index in [2.05, 4.69) is 5.32 Å². The van der Waals surface area contributed by atoms with Gasteiger partial charge in [-0.25, -0.2) is 8.42 Å². The molecule has 0 aliphatic heterocycles. The smallest absolute Gasteiger partial charge is 0.243 e. The van der Waals surface area contributed by atoms with E-state index in [1.54, 1.807) is 25.1 Å². The summed E-state index contributed by atoms with van der Waals surface area (Å²) in [5.74, 6) is 0.455. The van der Waals surface area contributed by atoms with Crippen LogP contribution in [0.2, 0.25) is 0 Å². The van der Waals surface area contributed by atoms with Crippen LogP contribution < -0.4 is 5.32 Å². The van der Waals surface area contributed by atoms with Crippen LogP contribution in [0.4, 0.5) is 5.69 Å². The number of hydrogen-bond donors (Lipinski definition) is 1. The number of amides is 1. The van der Waals surface area contributed by atoms with Gasteiger partial charge in [0, 0.05) is 24.7 Å². The molecule has 0 aromatic heterocycles. The first-order valence-corrected chi connectivity index (χ1v) is 9.16. The second-order valence-corrected chi connectivity index (χ2v) is 7.78. The molecule has 1 aliphatic carbocycles. The SMILES string of the molecule is CCN(CC)S(=O)(=O)c1cc(NC(=O)[C@H]2C[C@@H]2C)ccc1C. The van der Waals surface area contributed by atoms with Crippen LogP contribution in [-0.2, 0) is 14.8 Å². The summed E-state index contributed by atoms with van der Waals surface area (Å²) >= 11 is 0. The van der Waals surface area contributed by atoms with Crippen molar-refractivity contribution in [1.82, 2.24) is 4.31 Å². The number of nitrogens with zero attached hydrogens (tertiary/aromatic N) is 1. The van der Waals surface area contributed by atoms with E-state index in [0.29, 0.717) is 30.3 Å². The highest BCUT2D eigenvalue weighted by Crippen LogP contribution is 2.38. The summed E-state index contributed by atoms with van der Waals surface area (Å²) < 4.78 is 26.8. The topological polar surface area (TPSA) is 66.5 Å². The van der Waals surface area contributed by atoms with Crippen molar-refractivity contribution in [2.24, 2.45) is 11.8 Å². The molecule has 122 valence electrons. The minimum absolute atomic E-state index is 0.0254. The van der Waals surface area contributed by atoms with Crippen molar-refractivity contribution < 1.29 is 13.2 Å². The molecule has 1 saturated carbocycles. The van der Waals surface area contributed by atoms with Gasteiger partial charge in [0.2, 0.25) is 15.9 Å². The normalized spacial score (nSPS) is 21.0. The number of nitrogens with one attached hydrogen (secondary N) is 1. The molecule has 6 heteroatoms. The zero-order chi connectivity index (χ0) is 16.5. The third-order valence-electron chi connectivity index (χ3n) is 4.23. The van der Waals surface area contributed by atoms with Gasteiger partial charge in [0.15, 0.2) is 0 Å². The Labute approximate surface area is 132 Å². The fourth-order valence-electron chi connectivity index (χ4n) is 2.58. The number of carbonyl (C=O) groups is 1. The van der Waals surface area contributed by atoms with Gasteiger partial charge in [-0.05, 0) is 37.0 Å². The Morgan fingerprint density at radius 3 is 2.41 bits per heavy atom. The van der Waals surface area contributed by atoms with Crippen molar-refractivity contribution in [1.29, 1.82) is 0 Å². The zero-order valence-corrected chi connectivity index (χ0v) is 14.4. The van der Waals surface area contributed by atoms with E-state index >= 15 is 0 Å². The molecule has 1 aliphatic rings. The van der Waals surface area contributed by atoms with Gasteiger partial charge in [-0.15, -0.1) is 0 Å². The van der Waals surface area contributed by atoms with Gasteiger partial charge in [-0.1, -0.05) is 26.8 Å². The molecule has 0 heterocycles. The zero-order valence-electron chi connectivity index (χ0n) is 13.6. The molecular formula is C16H24N2O3S. The predicted molar refractivity (Wildman–Crippen MR) is 87.2 cm³/mol. The van der Waals surface area contributed by atoms with Crippen LogP contribution in [-0.4, -0.2) is 31.7 Å². The van der Waals surface area contributed by atoms with Gasteiger partial charge in [-0.3, -0.25) is 4.79 Å². The minimum Gasteiger partial charge on any atom is -0.326 e. The van der Waals surface area contributed by atoms with Crippen LogP contribution in [0.5, 0.6) is 0 Å². The highest BCUT2D eigenvalue weighted by Gasteiger charge is 2.39. The number of hydrogen-bond acceptors (Lipinski definition) is 3. The number of carbonyl (C=O) groups excluding carboxylic acids is 1. The first kappa shape index (κ1) is 17.0. The second kappa shape index (κ2) is 6.38. The molecule has 1 N–H and O–H groups in total. The lowest BCUT2D eigenvalue weighted by Crippen LogP contribution is -2.31. The van der Waals surface area contributed by atoms with Gasteiger partial charge in [0.1, 0.15) is 0 Å². The van der Waals surface area contributed by atoms with E-state index < -0.39 is 10.0 Å². The van der Waals surface area contributed by atoms with Crippen LogP contribution in [0, 0.1) is 18.8 Å². The highest BCUT2D eigenvalue weighted by atomic mass is 32.2. The summed E-state index contributed by atoms with van der Waals surface area (Å²) in [5, 5.41) is 2.83. The fraction of sp³-hybridized carbons (Fsp3) is 0.562. The maximum Gasteiger partial charge on any atom is 0.243 e. The highest BCUT2D eigenvalue weighted by molar-refractivity contribution is 7.89. The van der Waals surface area contributed by atoms with E-state index in [9.17, 15) is 13.2 Å². The van der Waals surface area contributed by atoms with Crippen LogP contribution in [0.1, 0.15) is 32.8 Å². The molecule has 0 unspecified atom stereocenters.